The number of nitriles is 1. The molecule has 0 saturated carbocycles. The monoisotopic (exact) mass is 402 g/mol. The van der Waals surface area contributed by atoms with Crippen molar-refractivity contribution < 1.29 is 32.4 Å². The number of carbonyl (C=O) groups is 2. The second kappa shape index (κ2) is 9.54. The summed E-state index contributed by atoms with van der Waals surface area (Å²) in [6.45, 7) is 0.850. The molecule has 0 radical (unpaired) electrons. The van der Waals surface area contributed by atoms with Gasteiger partial charge in [-0.1, -0.05) is 0 Å². The number of rotatable bonds is 8. The Morgan fingerprint density at radius 1 is 1.43 bits per heavy atom. The zero-order valence-electron chi connectivity index (χ0n) is 14.9. The third-order valence-corrected chi connectivity index (χ3v) is 3.54. The molecule has 1 aromatic carbocycles. The van der Waals surface area contributed by atoms with Gasteiger partial charge in [-0.15, -0.1) is 0 Å². The minimum absolute atomic E-state index is 0.0993. The minimum Gasteiger partial charge on any atom is -0.451 e. The molecular formula is C16H17F3N4O5. The van der Waals surface area contributed by atoms with Crippen LogP contribution in [0.3, 0.4) is 0 Å². The summed E-state index contributed by atoms with van der Waals surface area (Å²) in [5.74, 6) is -1.49. The van der Waals surface area contributed by atoms with E-state index in [0.29, 0.717) is 12.1 Å². The molecular weight excluding hydrogens is 385 g/mol. The summed E-state index contributed by atoms with van der Waals surface area (Å²) in [5.41, 5.74) is -2.37. The van der Waals surface area contributed by atoms with Crippen LogP contribution in [0.15, 0.2) is 18.2 Å². The van der Waals surface area contributed by atoms with E-state index in [0.717, 1.165) is 6.07 Å². The SMILES string of the molecule is C[C@H](OC(=O)CNc1ccc(C(F)(F)F)cc1[N+](=O)[O-])C(=O)N(C)CCC#N. The number of benzene rings is 1. The summed E-state index contributed by atoms with van der Waals surface area (Å²) in [4.78, 5) is 34.9. The van der Waals surface area contributed by atoms with E-state index >= 15 is 0 Å². The molecule has 1 N–H and O–H groups in total. The lowest BCUT2D eigenvalue weighted by Crippen LogP contribution is -2.38. The molecule has 0 aromatic heterocycles. The maximum atomic E-state index is 12.7. The maximum absolute atomic E-state index is 12.7. The molecule has 12 heteroatoms. The number of ether oxygens (including phenoxy) is 1. The number of anilines is 1. The third kappa shape index (κ3) is 6.42. The van der Waals surface area contributed by atoms with E-state index in [1.54, 1.807) is 0 Å². The molecule has 0 aliphatic carbocycles. The van der Waals surface area contributed by atoms with Gasteiger partial charge < -0.3 is 15.0 Å². The molecule has 28 heavy (non-hydrogen) atoms. The van der Waals surface area contributed by atoms with Gasteiger partial charge in [0.25, 0.3) is 11.6 Å². The average molecular weight is 402 g/mol. The zero-order chi connectivity index (χ0) is 21.5. The molecule has 9 nitrogen and oxygen atoms in total. The first-order chi connectivity index (χ1) is 13.0. The summed E-state index contributed by atoms with van der Waals surface area (Å²) in [6.07, 6.45) is -5.82. The van der Waals surface area contributed by atoms with E-state index in [1.807, 2.05) is 6.07 Å². The molecule has 1 aromatic rings. The summed E-state index contributed by atoms with van der Waals surface area (Å²) < 4.78 is 42.9. The topological polar surface area (TPSA) is 126 Å². The molecule has 0 aliphatic rings. The van der Waals surface area contributed by atoms with Crippen LogP contribution in [0, 0.1) is 21.4 Å². The molecule has 1 atom stereocenters. The fourth-order valence-electron chi connectivity index (χ4n) is 2.10. The first-order valence-corrected chi connectivity index (χ1v) is 7.88. The van der Waals surface area contributed by atoms with Crippen molar-refractivity contribution in [1.29, 1.82) is 5.26 Å². The van der Waals surface area contributed by atoms with Gasteiger partial charge >= 0.3 is 12.1 Å². The Morgan fingerprint density at radius 2 is 2.07 bits per heavy atom. The van der Waals surface area contributed by atoms with Crippen molar-refractivity contribution in [2.24, 2.45) is 0 Å². The largest absolute Gasteiger partial charge is 0.451 e. The van der Waals surface area contributed by atoms with Crippen molar-refractivity contribution in [3.8, 4) is 6.07 Å². The lowest BCUT2D eigenvalue weighted by molar-refractivity contribution is -0.384. The lowest BCUT2D eigenvalue weighted by atomic mass is 10.1. The quantitative estimate of drug-likeness (QED) is 0.402. The first kappa shape index (κ1) is 22.7. The van der Waals surface area contributed by atoms with Crippen LogP contribution in [0.25, 0.3) is 0 Å². The number of nitro groups is 1. The molecule has 1 rings (SSSR count). The third-order valence-electron chi connectivity index (χ3n) is 3.54. The fourth-order valence-corrected chi connectivity index (χ4v) is 2.10. The molecule has 0 heterocycles. The summed E-state index contributed by atoms with van der Waals surface area (Å²) in [6, 6.07) is 3.68. The van der Waals surface area contributed by atoms with Crippen LogP contribution < -0.4 is 5.32 Å². The Morgan fingerprint density at radius 3 is 2.61 bits per heavy atom. The summed E-state index contributed by atoms with van der Waals surface area (Å²) in [5, 5.41) is 21.8. The maximum Gasteiger partial charge on any atom is 0.416 e. The number of alkyl halides is 3. The van der Waals surface area contributed by atoms with Crippen molar-refractivity contribution in [3.05, 3.63) is 33.9 Å². The number of nitro benzene ring substituents is 1. The van der Waals surface area contributed by atoms with Crippen molar-refractivity contribution in [2.75, 3.05) is 25.5 Å². The van der Waals surface area contributed by atoms with Gasteiger partial charge in [-0.05, 0) is 19.1 Å². The summed E-state index contributed by atoms with van der Waals surface area (Å²) >= 11 is 0. The van der Waals surface area contributed by atoms with Gasteiger partial charge in [0, 0.05) is 19.7 Å². The fraction of sp³-hybridized carbons (Fsp3) is 0.438. The van der Waals surface area contributed by atoms with E-state index in [4.69, 9.17) is 10.00 Å². The Balaban J connectivity index is 2.73. The smallest absolute Gasteiger partial charge is 0.416 e. The minimum atomic E-state index is -4.75. The highest BCUT2D eigenvalue weighted by Gasteiger charge is 2.33. The average Bonchev–Trinajstić information content (AvgIpc) is 2.62. The van der Waals surface area contributed by atoms with E-state index in [2.05, 4.69) is 5.32 Å². The van der Waals surface area contributed by atoms with Gasteiger partial charge in [-0.2, -0.15) is 18.4 Å². The van der Waals surface area contributed by atoms with Gasteiger partial charge in [0.1, 0.15) is 12.2 Å². The Hall–Kier alpha value is -3.36. The van der Waals surface area contributed by atoms with Crippen LogP contribution >= 0.6 is 0 Å². The molecule has 1 amide bonds. The van der Waals surface area contributed by atoms with Gasteiger partial charge in [-0.25, -0.2) is 0 Å². The van der Waals surface area contributed by atoms with Crippen molar-refractivity contribution in [1.82, 2.24) is 4.90 Å². The van der Waals surface area contributed by atoms with Crippen molar-refractivity contribution >= 4 is 23.3 Å². The van der Waals surface area contributed by atoms with Crippen LogP contribution in [0.4, 0.5) is 24.5 Å². The van der Waals surface area contributed by atoms with E-state index in [9.17, 15) is 32.9 Å². The summed E-state index contributed by atoms with van der Waals surface area (Å²) in [7, 11) is 1.42. The number of amides is 1. The van der Waals surface area contributed by atoms with Crippen molar-refractivity contribution in [2.45, 2.75) is 25.6 Å². The van der Waals surface area contributed by atoms with Crippen LogP contribution in [0.2, 0.25) is 0 Å². The van der Waals surface area contributed by atoms with Gasteiger partial charge in [-0.3, -0.25) is 19.7 Å². The molecule has 152 valence electrons. The number of esters is 1. The Kier molecular flexibility index (Phi) is 7.73. The predicted octanol–water partition coefficient (Wildman–Crippen LogP) is 2.33. The van der Waals surface area contributed by atoms with Crippen molar-refractivity contribution in [3.63, 3.8) is 0 Å². The number of nitrogens with one attached hydrogen (secondary N) is 1. The number of hydrogen-bond acceptors (Lipinski definition) is 7. The van der Waals surface area contributed by atoms with Crippen LogP contribution in [-0.2, 0) is 20.5 Å². The van der Waals surface area contributed by atoms with Gasteiger partial charge in [0.2, 0.25) is 0 Å². The second-order valence-corrected chi connectivity index (χ2v) is 5.64. The van der Waals surface area contributed by atoms with E-state index in [1.165, 1.54) is 18.9 Å². The standard InChI is InChI=1S/C16H17F3N4O5/c1-10(15(25)22(2)7-3-6-20)28-14(24)9-21-12-5-4-11(16(17,18)19)8-13(12)23(26)27/h4-5,8,10,21H,3,7,9H2,1-2H3/t10-/m0/s1. The predicted molar refractivity (Wildman–Crippen MR) is 90.0 cm³/mol. The Labute approximate surface area is 157 Å². The number of nitrogens with zero attached hydrogens (tertiary/aromatic N) is 3. The van der Waals surface area contributed by atoms with Crippen LogP contribution in [0.1, 0.15) is 18.9 Å². The van der Waals surface area contributed by atoms with Crippen LogP contribution in [0.5, 0.6) is 0 Å². The highest BCUT2D eigenvalue weighted by atomic mass is 19.4. The number of carbonyl (C=O) groups excluding carboxylic acids is 2. The Bertz CT molecular complexity index is 791. The molecule has 0 saturated heterocycles. The molecule has 0 aliphatic heterocycles. The first-order valence-electron chi connectivity index (χ1n) is 7.88. The normalized spacial score (nSPS) is 11.9. The molecule has 0 fully saturated rings. The number of hydrogen-bond donors (Lipinski definition) is 1. The lowest BCUT2D eigenvalue weighted by Gasteiger charge is -2.20. The van der Waals surface area contributed by atoms with Crippen LogP contribution in [-0.4, -0.2) is 47.9 Å². The number of likely N-dealkylation sites (N-methyl/N-ethyl adjacent to an activating group) is 1. The van der Waals surface area contributed by atoms with Gasteiger partial charge in [0.15, 0.2) is 6.10 Å². The molecule has 0 spiro atoms. The van der Waals surface area contributed by atoms with E-state index in [-0.39, 0.29) is 18.7 Å². The highest BCUT2D eigenvalue weighted by Crippen LogP contribution is 2.34. The zero-order valence-corrected chi connectivity index (χ0v) is 14.9. The number of halogens is 3. The second-order valence-electron chi connectivity index (χ2n) is 5.64. The van der Waals surface area contributed by atoms with Gasteiger partial charge in [0.05, 0.1) is 23.0 Å². The van der Waals surface area contributed by atoms with E-state index < -0.39 is 46.9 Å². The highest BCUT2D eigenvalue weighted by molar-refractivity contribution is 5.84. The molecule has 0 unspecified atom stereocenters. The molecule has 0 bridgehead atoms.